The van der Waals surface area contributed by atoms with Gasteiger partial charge < -0.3 is 14.6 Å². The number of fused-ring (bicyclic) bond motifs is 1. The number of benzene rings is 1. The second-order valence-corrected chi connectivity index (χ2v) is 7.68. The van der Waals surface area contributed by atoms with Gasteiger partial charge in [-0.05, 0) is 31.9 Å². The van der Waals surface area contributed by atoms with Crippen LogP contribution < -0.4 is 4.90 Å². The molecule has 6 nitrogen and oxygen atoms in total. The Morgan fingerprint density at radius 3 is 2.81 bits per heavy atom. The number of carbonyl (C=O) groups is 2. The Morgan fingerprint density at radius 1 is 1.37 bits per heavy atom. The Labute approximate surface area is 161 Å². The van der Waals surface area contributed by atoms with Crippen molar-refractivity contribution in [1.82, 2.24) is 9.97 Å². The van der Waals surface area contributed by atoms with E-state index in [2.05, 4.69) is 9.97 Å². The van der Waals surface area contributed by atoms with Gasteiger partial charge in [-0.15, -0.1) is 11.3 Å². The molecule has 3 aromatic rings. The molecule has 1 saturated carbocycles. The van der Waals surface area contributed by atoms with Gasteiger partial charge in [0, 0.05) is 24.0 Å². The second-order valence-electron chi connectivity index (χ2n) is 6.78. The highest BCUT2D eigenvalue weighted by atomic mass is 32.1. The highest BCUT2D eigenvalue weighted by Gasteiger charge is 2.53. The number of nitrogens with one attached hydrogen (secondary N) is 1. The number of ether oxygens (including phenoxy) is 1. The zero-order valence-corrected chi connectivity index (χ0v) is 16.1. The highest BCUT2D eigenvalue weighted by molar-refractivity contribution is 7.13. The fourth-order valence-electron chi connectivity index (χ4n) is 3.63. The van der Waals surface area contributed by atoms with E-state index in [1.165, 1.54) is 0 Å². The van der Waals surface area contributed by atoms with Crippen LogP contribution in [-0.2, 0) is 14.3 Å². The van der Waals surface area contributed by atoms with Gasteiger partial charge in [-0.1, -0.05) is 18.6 Å². The lowest BCUT2D eigenvalue weighted by Crippen LogP contribution is -2.52. The van der Waals surface area contributed by atoms with Crippen LogP contribution >= 0.6 is 11.3 Å². The SMILES string of the molecule is CCOC(=O)C1(C(=O)N(C)c2cccc3cc(-c4nccs4)[nH]c23)CCC1. The molecule has 7 heteroatoms. The third-order valence-corrected chi connectivity index (χ3v) is 6.05. The molecule has 1 aliphatic carbocycles. The lowest BCUT2D eigenvalue weighted by molar-refractivity contribution is -0.166. The van der Waals surface area contributed by atoms with E-state index in [1.54, 1.807) is 36.4 Å². The van der Waals surface area contributed by atoms with Gasteiger partial charge in [-0.25, -0.2) is 4.98 Å². The molecule has 0 atom stereocenters. The van der Waals surface area contributed by atoms with Crippen LogP contribution in [0.15, 0.2) is 35.8 Å². The van der Waals surface area contributed by atoms with E-state index in [0.717, 1.165) is 33.7 Å². The van der Waals surface area contributed by atoms with Crippen molar-refractivity contribution >= 4 is 39.8 Å². The van der Waals surface area contributed by atoms with Gasteiger partial charge in [-0.3, -0.25) is 9.59 Å². The Kier molecular flexibility index (Phi) is 4.47. The lowest BCUT2D eigenvalue weighted by Gasteiger charge is -2.40. The fraction of sp³-hybridized carbons (Fsp3) is 0.350. The van der Waals surface area contributed by atoms with Gasteiger partial charge in [0.2, 0.25) is 5.91 Å². The molecular formula is C20H21N3O3S. The minimum atomic E-state index is -1.04. The van der Waals surface area contributed by atoms with Crippen molar-refractivity contribution in [2.45, 2.75) is 26.2 Å². The van der Waals surface area contributed by atoms with Crippen molar-refractivity contribution in [3.63, 3.8) is 0 Å². The molecule has 1 N–H and O–H groups in total. The van der Waals surface area contributed by atoms with Crippen LogP contribution in [0.2, 0.25) is 0 Å². The molecule has 0 saturated heterocycles. The molecule has 1 aliphatic rings. The van der Waals surface area contributed by atoms with Crippen LogP contribution in [-0.4, -0.2) is 35.5 Å². The molecule has 0 spiro atoms. The number of aromatic amines is 1. The molecule has 4 rings (SSSR count). The number of carbonyl (C=O) groups excluding carboxylic acids is 2. The number of hydrogen-bond donors (Lipinski definition) is 1. The van der Waals surface area contributed by atoms with Gasteiger partial charge in [0.05, 0.1) is 23.5 Å². The summed E-state index contributed by atoms with van der Waals surface area (Å²) in [5.41, 5.74) is 1.47. The summed E-state index contributed by atoms with van der Waals surface area (Å²) in [6, 6.07) is 7.83. The van der Waals surface area contributed by atoms with Crippen LogP contribution in [0.25, 0.3) is 21.6 Å². The first-order valence-corrected chi connectivity index (χ1v) is 9.92. The van der Waals surface area contributed by atoms with Crippen LogP contribution in [0.5, 0.6) is 0 Å². The van der Waals surface area contributed by atoms with Gasteiger partial charge in [0.15, 0.2) is 0 Å². The molecule has 0 unspecified atom stereocenters. The van der Waals surface area contributed by atoms with Gasteiger partial charge in [0.1, 0.15) is 10.4 Å². The van der Waals surface area contributed by atoms with E-state index in [1.807, 2.05) is 29.6 Å². The van der Waals surface area contributed by atoms with Crippen molar-refractivity contribution < 1.29 is 14.3 Å². The van der Waals surface area contributed by atoms with E-state index in [9.17, 15) is 9.59 Å². The molecule has 140 valence electrons. The average Bonchev–Trinajstić information content (AvgIpc) is 3.29. The summed E-state index contributed by atoms with van der Waals surface area (Å²) in [5.74, 6) is -0.611. The maximum atomic E-state index is 13.2. The summed E-state index contributed by atoms with van der Waals surface area (Å²) in [4.78, 5) is 35.0. The topological polar surface area (TPSA) is 75.3 Å². The predicted octanol–water partition coefficient (Wildman–Crippen LogP) is 3.99. The quantitative estimate of drug-likeness (QED) is 0.534. The molecule has 0 aliphatic heterocycles. The van der Waals surface area contributed by atoms with Crippen molar-refractivity contribution in [2.75, 3.05) is 18.6 Å². The summed E-state index contributed by atoms with van der Waals surface area (Å²) < 4.78 is 5.20. The summed E-state index contributed by atoms with van der Waals surface area (Å²) in [6.45, 7) is 2.04. The van der Waals surface area contributed by atoms with Crippen molar-refractivity contribution in [2.24, 2.45) is 5.41 Å². The summed E-state index contributed by atoms with van der Waals surface area (Å²) >= 11 is 1.55. The largest absolute Gasteiger partial charge is 0.465 e. The van der Waals surface area contributed by atoms with Gasteiger partial charge in [0.25, 0.3) is 0 Å². The molecular weight excluding hydrogens is 362 g/mol. The monoisotopic (exact) mass is 383 g/mol. The molecule has 27 heavy (non-hydrogen) atoms. The van der Waals surface area contributed by atoms with Crippen LogP contribution in [0, 0.1) is 5.41 Å². The third-order valence-electron chi connectivity index (χ3n) is 5.25. The number of amides is 1. The number of rotatable bonds is 5. The first-order chi connectivity index (χ1) is 13.1. The lowest BCUT2D eigenvalue weighted by atomic mass is 9.67. The van der Waals surface area contributed by atoms with Crippen molar-refractivity contribution in [1.29, 1.82) is 0 Å². The van der Waals surface area contributed by atoms with E-state index >= 15 is 0 Å². The normalized spacial score (nSPS) is 15.3. The molecule has 0 bridgehead atoms. The van der Waals surface area contributed by atoms with Gasteiger partial charge >= 0.3 is 5.97 Å². The Balaban J connectivity index is 1.71. The average molecular weight is 383 g/mol. The molecule has 1 fully saturated rings. The molecule has 1 amide bonds. The number of nitrogens with zero attached hydrogens (tertiary/aromatic N) is 2. The zero-order valence-electron chi connectivity index (χ0n) is 15.3. The first kappa shape index (κ1) is 17.7. The predicted molar refractivity (Wildman–Crippen MR) is 106 cm³/mol. The third kappa shape index (κ3) is 2.82. The molecule has 2 aromatic heterocycles. The smallest absolute Gasteiger partial charge is 0.321 e. The van der Waals surface area contributed by atoms with Crippen LogP contribution in [0.3, 0.4) is 0 Å². The Morgan fingerprint density at radius 2 is 2.19 bits per heavy atom. The number of aromatic nitrogens is 2. The van der Waals surface area contributed by atoms with E-state index in [-0.39, 0.29) is 12.5 Å². The maximum Gasteiger partial charge on any atom is 0.321 e. The summed E-state index contributed by atoms with van der Waals surface area (Å²) in [5, 5.41) is 3.82. The number of anilines is 1. The van der Waals surface area contributed by atoms with Gasteiger partial charge in [-0.2, -0.15) is 0 Å². The summed E-state index contributed by atoms with van der Waals surface area (Å²) in [6.07, 6.45) is 3.71. The minimum absolute atomic E-state index is 0.204. The Hall–Kier alpha value is -2.67. The van der Waals surface area contributed by atoms with Crippen LogP contribution in [0.1, 0.15) is 26.2 Å². The maximum absolute atomic E-state index is 13.2. The minimum Gasteiger partial charge on any atom is -0.465 e. The van der Waals surface area contributed by atoms with Crippen LogP contribution in [0.4, 0.5) is 5.69 Å². The Bertz CT molecular complexity index is 989. The van der Waals surface area contributed by atoms with E-state index in [4.69, 9.17) is 4.74 Å². The summed E-state index contributed by atoms with van der Waals surface area (Å²) in [7, 11) is 1.72. The molecule has 0 radical (unpaired) electrons. The number of thiazole rings is 1. The number of esters is 1. The van der Waals surface area contributed by atoms with E-state index in [0.29, 0.717) is 12.8 Å². The molecule has 2 heterocycles. The van der Waals surface area contributed by atoms with Crippen molar-refractivity contribution in [3.05, 3.63) is 35.8 Å². The number of hydrogen-bond acceptors (Lipinski definition) is 5. The second kappa shape index (κ2) is 6.81. The molecule has 1 aromatic carbocycles. The van der Waals surface area contributed by atoms with Crippen molar-refractivity contribution in [3.8, 4) is 10.7 Å². The number of H-pyrrole nitrogens is 1. The fourth-order valence-corrected chi connectivity index (χ4v) is 4.24. The number of para-hydroxylation sites is 1. The zero-order chi connectivity index (χ0) is 19.0. The standard InChI is InChI=1S/C20H21N3O3S/c1-3-26-19(25)20(8-5-9-20)18(24)23(2)15-7-4-6-13-12-14(22-16(13)15)17-21-10-11-27-17/h4,6-7,10-12,22H,3,5,8-9H2,1-2H3. The highest BCUT2D eigenvalue weighted by Crippen LogP contribution is 2.45. The van der Waals surface area contributed by atoms with E-state index < -0.39 is 11.4 Å². The first-order valence-electron chi connectivity index (χ1n) is 9.04.